The van der Waals surface area contributed by atoms with E-state index in [-0.39, 0.29) is 29.4 Å². The van der Waals surface area contributed by atoms with Crippen molar-refractivity contribution in [2.75, 3.05) is 23.3 Å². The highest BCUT2D eigenvalue weighted by atomic mass is 19.3. The molecule has 35 heavy (non-hydrogen) atoms. The third-order valence-corrected chi connectivity index (χ3v) is 6.52. The van der Waals surface area contributed by atoms with E-state index in [9.17, 15) is 17.6 Å². The van der Waals surface area contributed by atoms with Gasteiger partial charge < -0.3 is 10.2 Å². The summed E-state index contributed by atoms with van der Waals surface area (Å²) in [5.41, 5.74) is 0.964. The Morgan fingerprint density at radius 1 is 1.03 bits per heavy atom. The van der Waals surface area contributed by atoms with Crippen LogP contribution in [0.15, 0.2) is 42.7 Å². The lowest BCUT2D eigenvalue weighted by atomic mass is 9.61. The molecule has 1 aromatic carbocycles. The molecule has 4 aromatic rings. The smallest absolute Gasteiger partial charge is 0.249 e. The molecule has 1 aliphatic heterocycles. The normalized spacial score (nSPS) is 17.8. The molecule has 0 amide bonds. The number of hydrogen-bond donors (Lipinski definition) is 2. The van der Waals surface area contributed by atoms with E-state index in [1.54, 1.807) is 19.3 Å². The van der Waals surface area contributed by atoms with Gasteiger partial charge in [0.1, 0.15) is 11.6 Å². The number of aromatic amines is 1. The molecule has 0 unspecified atom stereocenters. The quantitative estimate of drug-likeness (QED) is 0.405. The maximum absolute atomic E-state index is 14.6. The Kier molecular flexibility index (Phi) is 4.63. The Morgan fingerprint density at radius 2 is 1.83 bits per heavy atom. The average Bonchev–Trinajstić information content (AvgIpc) is 3.36. The van der Waals surface area contributed by atoms with Gasteiger partial charge in [-0.3, -0.25) is 5.10 Å². The molecule has 2 aliphatic rings. The van der Waals surface area contributed by atoms with Gasteiger partial charge in [-0.25, -0.2) is 22.8 Å². The number of rotatable bonds is 5. The molecular formula is C23H20F4N8. The van der Waals surface area contributed by atoms with Crippen LogP contribution in [0.25, 0.3) is 22.5 Å². The molecule has 2 N–H and O–H groups in total. The summed E-state index contributed by atoms with van der Waals surface area (Å²) in [7, 11) is 1.69. The molecule has 0 atom stereocenters. The first-order chi connectivity index (χ1) is 16.7. The van der Waals surface area contributed by atoms with E-state index in [0.29, 0.717) is 36.1 Å². The Bertz CT molecular complexity index is 1400. The number of aromatic nitrogens is 6. The molecular weight excluding hydrogens is 464 g/mol. The number of nitrogens with zero attached hydrogens (tertiary/aromatic N) is 6. The predicted octanol–water partition coefficient (Wildman–Crippen LogP) is 4.52. The van der Waals surface area contributed by atoms with E-state index in [4.69, 9.17) is 0 Å². The number of alkyl halides is 2. The molecule has 1 aliphatic carbocycles. The van der Waals surface area contributed by atoms with Gasteiger partial charge in [-0.05, 0) is 30.3 Å². The summed E-state index contributed by atoms with van der Waals surface area (Å²) < 4.78 is 56.2. The van der Waals surface area contributed by atoms with Crippen molar-refractivity contribution < 1.29 is 17.6 Å². The summed E-state index contributed by atoms with van der Waals surface area (Å²) in [6.45, 7) is 1.18. The number of anilines is 3. The average molecular weight is 484 g/mol. The second kappa shape index (κ2) is 7.52. The van der Waals surface area contributed by atoms with Crippen LogP contribution in [0.2, 0.25) is 0 Å². The van der Waals surface area contributed by atoms with Gasteiger partial charge in [0.05, 0.1) is 11.8 Å². The summed E-state index contributed by atoms with van der Waals surface area (Å²) >= 11 is 0. The SMILES string of the molecule is Cn1nc(-c2ccc(N3CC4(C3)CC(F)(F)C4)nc2)nc1Nc1ccc(-c2cn[nH]c2F)c(F)c1. The molecule has 1 saturated carbocycles. The zero-order chi connectivity index (χ0) is 24.4. The van der Waals surface area contributed by atoms with Crippen LogP contribution in [0.1, 0.15) is 12.8 Å². The zero-order valence-corrected chi connectivity index (χ0v) is 18.6. The largest absolute Gasteiger partial charge is 0.355 e. The van der Waals surface area contributed by atoms with E-state index in [2.05, 4.69) is 30.6 Å². The zero-order valence-electron chi connectivity index (χ0n) is 18.6. The molecule has 3 aromatic heterocycles. The van der Waals surface area contributed by atoms with Crippen LogP contribution in [-0.4, -0.2) is 49.0 Å². The highest BCUT2D eigenvalue weighted by Crippen LogP contribution is 2.57. The fraction of sp³-hybridized carbons (Fsp3) is 0.304. The fourth-order valence-corrected chi connectivity index (χ4v) is 4.91. The molecule has 6 rings (SSSR count). The second-order valence-electron chi connectivity index (χ2n) is 9.27. The van der Waals surface area contributed by atoms with Gasteiger partial charge in [-0.1, -0.05) is 0 Å². The molecule has 2 fully saturated rings. The number of nitrogens with one attached hydrogen (secondary N) is 2. The van der Waals surface area contributed by atoms with Gasteiger partial charge in [-0.2, -0.15) is 14.5 Å². The van der Waals surface area contributed by atoms with Crippen LogP contribution in [0.5, 0.6) is 0 Å². The summed E-state index contributed by atoms with van der Waals surface area (Å²) in [5, 5.41) is 13.1. The predicted molar refractivity (Wildman–Crippen MR) is 120 cm³/mol. The third kappa shape index (κ3) is 3.78. The molecule has 1 saturated heterocycles. The molecule has 8 nitrogen and oxygen atoms in total. The molecule has 0 radical (unpaired) electrons. The number of aryl methyl sites for hydroxylation is 1. The summed E-state index contributed by atoms with van der Waals surface area (Å²) in [5.74, 6) is -2.32. The van der Waals surface area contributed by atoms with Gasteiger partial charge in [0.15, 0.2) is 5.82 Å². The van der Waals surface area contributed by atoms with E-state index in [1.165, 1.54) is 23.0 Å². The lowest BCUT2D eigenvalue weighted by Crippen LogP contribution is -2.66. The first-order valence-corrected chi connectivity index (χ1v) is 11.0. The lowest BCUT2D eigenvalue weighted by molar-refractivity contribution is -0.170. The number of H-pyrrole nitrogens is 1. The van der Waals surface area contributed by atoms with Crippen LogP contribution in [0.3, 0.4) is 0 Å². The van der Waals surface area contributed by atoms with Crippen LogP contribution >= 0.6 is 0 Å². The Balaban J connectivity index is 1.14. The van der Waals surface area contributed by atoms with Crippen molar-refractivity contribution in [1.29, 1.82) is 0 Å². The lowest BCUT2D eigenvalue weighted by Gasteiger charge is -2.59. The topological polar surface area (TPSA) is 87.6 Å². The molecule has 4 heterocycles. The molecule has 1 spiro atoms. The number of pyridine rings is 1. The van der Waals surface area contributed by atoms with Crippen LogP contribution < -0.4 is 10.2 Å². The van der Waals surface area contributed by atoms with Gasteiger partial charge in [0, 0.05) is 61.4 Å². The van der Waals surface area contributed by atoms with E-state index in [0.717, 1.165) is 5.82 Å². The van der Waals surface area contributed by atoms with Crippen molar-refractivity contribution in [3.63, 3.8) is 0 Å². The van der Waals surface area contributed by atoms with Crippen molar-refractivity contribution in [2.24, 2.45) is 12.5 Å². The maximum Gasteiger partial charge on any atom is 0.249 e. The molecule has 0 bridgehead atoms. The minimum absolute atomic E-state index is 0.0463. The second-order valence-corrected chi connectivity index (χ2v) is 9.27. The van der Waals surface area contributed by atoms with Crippen LogP contribution in [0, 0.1) is 17.2 Å². The summed E-state index contributed by atoms with van der Waals surface area (Å²) in [6.07, 6.45) is 2.77. The summed E-state index contributed by atoms with van der Waals surface area (Å²) in [4.78, 5) is 10.9. The van der Waals surface area contributed by atoms with Crippen molar-refractivity contribution in [2.45, 2.75) is 18.8 Å². The maximum atomic E-state index is 14.6. The number of halogens is 4. The van der Waals surface area contributed by atoms with Crippen LogP contribution in [0.4, 0.5) is 35.0 Å². The standard InChI is InChI=1S/C23H20F4N8/c1-34-21(30-14-3-4-15(17(24)6-14)16-8-29-32-19(16)25)31-20(33-34)13-2-5-18(28-7-13)35-11-22(12-35)9-23(26,27)10-22/h2-8H,9-12H2,1H3,(H,29,32)(H,30,31,33). The highest BCUT2D eigenvalue weighted by Gasteiger charge is 2.61. The highest BCUT2D eigenvalue weighted by molar-refractivity contribution is 5.68. The molecule has 180 valence electrons. The Hall–Kier alpha value is -3.96. The first kappa shape index (κ1) is 21.6. The van der Waals surface area contributed by atoms with E-state index >= 15 is 0 Å². The van der Waals surface area contributed by atoms with Crippen molar-refractivity contribution in [3.8, 4) is 22.5 Å². The fourth-order valence-electron chi connectivity index (χ4n) is 4.91. The van der Waals surface area contributed by atoms with E-state index < -0.39 is 17.7 Å². The van der Waals surface area contributed by atoms with Gasteiger partial charge in [0.25, 0.3) is 0 Å². The minimum Gasteiger partial charge on any atom is -0.355 e. The van der Waals surface area contributed by atoms with Gasteiger partial charge >= 0.3 is 0 Å². The van der Waals surface area contributed by atoms with Crippen molar-refractivity contribution >= 4 is 17.5 Å². The monoisotopic (exact) mass is 484 g/mol. The third-order valence-electron chi connectivity index (χ3n) is 6.52. The Labute approximate surface area is 197 Å². The number of hydrogen-bond acceptors (Lipinski definition) is 6. The van der Waals surface area contributed by atoms with Crippen LogP contribution in [-0.2, 0) is 7.05 Å². The van der Waals surface area contributed by atoms with E-state index in [1.807, 2.05) is 17.0 Å². The summed E-state index contributed by atoms with van der Waals surface area (Å²) in [6, 6.07) is 7.95. The van der Waals surface area contributed by atoms with Gasteiger partial charge in [-0.15, -0.1) is 5.10 Å². The van der Waals surface area contributed by atoms with Gasteiger partial charge in [0.2, 0.25) is 17.8 Å². The number of benzene rings is 1. The van der Waals surface area contributed by atoms with Crippen molar-refractivity contribution in [1.82, 2.24) is 29.9 Å². The minimum atomic E-state index is -2.52. The molecule has 12 heteroatoms. The van der Waals surface area contributed by atoms with Crippen molar-refractivity contribution in [3.05, 3.63) is 54.5 Å². The Morgan fingerprint density at radius 3 is 2.46 bits per heavy atom. The first-order valence-electron chi connectivity index (χ1n) is 11.0.